The van der Waals surface area contributed by atoms with E-state index in [0.29, 0.717) is 37.0 Å². The summed E-state index contributed by atoms with van der Waals surface area (Å²) in [5.41, 5.74) is 0. The lowest BCUT2D eigenvalue weighted by Gasteiger charge is -2.19. The van der Waals surface area contributed by atoms with Crippen molar-refractivity contribution < 1.29 is 23.2 Å². The van der Waals surface area contributed by atoms with Crippen LogP contribution in [0.5, 0.6) is 5.75 Å². The van der Waals surface area contributed by atoms with Gasteiger partial charge in [-0.2, -0.15) is 0 Å². The normalized spacial score (nSPS) is 20.2. The molecule has 1 atom stereocenters. The molecule has 2 aliphatic rings. The number of carbonyl (C=O) groups is 2. The van der Waals surface area contributed by atoms with Crippen LogP contribution in [0.3, 0.4) is 0 Å². The second-order valence-electron chi connectivity index (χ2n) is 4.75. The Kier molecular flexibility index (Phi) is 4.34. The SMILES string of the molecule is CSOCCC1CN(c2ccc3c(n2)NC(=O)CO3)C(=O)O1. The fourth-order valence-corrected chi connectivity index (χ4v) is 2.49. The molecule has 1 aromatic heterocycles. The Hall–Kier alpha value is -2.00. The molecule has 1 fully saturated rings. The van der Waals surface area contributed by atoms with Crippen molar-refractivity contribution in [3.63, 3.8) is 0 Å². The van der Waals surface area contributed by atoms with Gasteiger partial charge in [-0.15, -0.1) is 0 Å². The Morgan fingerprint density at radius 3 is 3.18 bits per heavy atom. The van der Waals surface area contributed by atoms with Crippen LogP contribution in [0.25, 0.3) is 0 Å². The smallest absolute Gasteiger partial charge is 0.415 e. The number of amides is 2. The lowest BCUT2D eigenvalue weighted by molar-refractivity contribution is -0.118. The Balaban J connectivity index is 1.70. The van der Waals surface area contributed by atoms with Crippen molar-refractivity contribution in [2.24, 2.45) is 0 Å². The first kappa shape index (κ1) is 14.9. The van der Waals surface area contributed by atoms with Gasteiger partial charge in [0, 0.05) is 12.7 Å². The summed E-state index contributed by atoms with van der Waals surface area (Å²) in [6.07, 6.45) is 1.77. The van der Waals surface area contributed by atoms with E-state index in [2.05, 4.69) is 10.3 Å². The summed E-state index contributed by atoms with van der Waals surface area (Å²) < 4.78 is 15.7. The molecule has 2 aliphatic heterocycles. The summed E-state index contributed by atoms with van der Waals surface area (Å²) in [4.78, 5) is 29.0. The molecule has 3 rings (SSSR count). The monoisotopic (exact) mass is 325 g/mol. The molecule has 118 valence electrons. The lowest BCUT2D eigenvalue weighted by Crippen LogP contribution is -2.29. The van der Waals surface area contributed by atoms with Gasteiger partial charge in [0.25, 0.3) is 5.91 Å². The van der Waals surface area contributed by atoms with Crippen LogP contribution in [0, 0.1) is 0 Å². The van der Waals surface area contributed by atoms with Crippen molar-refractivity contribution in [3.8, 4) is 5.75 Å². The summed E-state index contributed by atoms with van der Waals surface area (Å²) >= 11 is 1.28. The highest BCUT2D eigenvalue weighted by Crippen LogP contribution is 2.30. The third-order valence-electron chi connectivity index (χ3n) is 3.25. The van der Waals surface area contributed by atoms with Crippen LogP contribution in [-0.4, -0.2) is 49.1 Å². The Morgan fingerprint density at radius 2 is 2.36 bits per heavy atom. The van der Waals surface area contributed by atoms with Gasteiger partial charge in [-0.1, -0.05) is 0 Å². The molecule has 0 bridgehead atoms. The van der Waals surface area contributed by atoms with Gasteiger partial charge in [0.1, 0.15) is 11.9 Å². The highest BCUT2D eigenvalue weighted by atomic mass is 32.2. The fraction of sp³-hybridized carbons (Fsp3) is 0.462. The molecule has 0 saturated carbocycles. The first-order valence-corrected chi connectivity index (χ1v) is 7.90. The number of hydrogen-bond donors (Lipinski definition) is 1. The molecule has 1 N–H and O–H groups in total. The van der Waals surface area contributed by atoms with E-state index in [-0.39, 0.29) is 18.6 Å². The third-order valence-corrected chi connectivity index (χ3v) is 3.65. The van der Waals surface area contributed by atoms with Crippen LogP contribution in [0.1, 0.15) is 6.42 Å². The van der Waals surface area contributed by atoms with E-state index in [9.17, 15) is 9.59 Å². The second-order valence-corrected chi connectivity index (χ2v) is 5.32. The summed E-state index contributed by atoms with van der Waals surface area (Å²) in [6, 6.07) is 3.34. The number of anilines is 2. The van der Waals surface area contributed by atoms with Gasteiger partial charge in [0.2, 0.25) is 0 Å². The Labute approximate surface area is 131 Å². The summed E-state index contributed by atoms with van der Waals surface area (Å²) in [6.45, 7) is 0.878. The average Bonchev–Trinajstić information content (AvgIpc) is 2.87. The van der Waals surface area contributed by atoms with E-state index in [1.54, 1.807) is 12.1 Å². The largest absolute Gasteiger partial charge is 0.480 e. The summed E-state index contributed by atoms with van der Waals surface area (Å²) in [5, 5.41) is 2.62. The van der Waals surface area contributed by atoms with Gasteiger partial charge in [-0.25, -0.2) is 9.78 Å². The quantitative estimate of drug-likeness (QED) is 0.647. The van der Waals surface area contributed by atoms with E-state index in [0.717, 1.165) is 0 Å². The zero-order valence-electron chi connectivity index (χ0n) is 11.9. The first-order chi connectivity index (χ1) is 10.7. The number of cyclic esters (lactones) is 1. The van der Waals surface area contributed by atoms with Crippen LogP contribution in [0.15, 0.2) is 12.1 Å². The zero-order chi connectivity index (χ0) is 15.5. The van der Waals surface area contributed by atoms with Crippen LogP contribution in [0.4, 0.5) is 16.4 Å². The highest BCUT2D eigenvalue weighted by molar-refractivity contribution is 7.93. The molecule has 22 heavy (non-hydrogen) atoms. The van der Waals surface area contributed by atoms with Crippen LogP contribution in [0.2, 0.25) is 0 Å². The van der Waals surface area contributed by atoms with Gasteiger partial charge in [-0.05, 0) is 24.2 Å². The van der Waals surface area contributed by atoms with Crippen LogP contribution >= 0.6 is 12.0 Å². The maximum Gasteiger partial charge on any atom is 0.415 e. The van der Waals surface area contributed by atoms with E-state index >= 15 is 0 Å². The number of pyridine rings is 1. The summed E-state index contributed by atoms with van der Waals surface area (Å²) in [7, 11) is 0. The minimum absolute atomic E-state index is 0.0305. The molecule has 1 aromatic rings. The lowest BCUT2D eigenvalue weighted by atomic mass is 10.2. The number of fused-ring (bicyclic) bond motifs is 1. The van der Waals surface area contributed by atoms with E-state index in [4.69, 9.17) is 13.7 Å². The number of ether oxygens (including phenoxy) is 2. The minimum atomic E-state index is -0.454. The van der Waals surface area contributed by atoms with Crippen molar-refractivity contribution >= 4 is 35.7 Å². The predicted octanol–water partition coefficient (Wildman–Crippen LogP) is 1.42. The molecule has 9 heteroatoms. The molecule has 0 aliphatic carbocycles. The third kappa shape index (κ3) is 3.09. The highest BCUT2D eigenvalue weighted by Gasteiger charge is 2.33. The number of nitrogens with zero attached hydrogens (tertiary/aromatic N) is 2. The fourth-order valence-electron chi connectivity index (χ4n) is 2.23. The first-order valence-electron chi connectivity index (χ1n) is 6.75. The second kappa shape index (κ2) is 6.41. The number of hydrogen-bond acceptors (Lipinski definition) is 7. The molecular weight excluding hydrogens is 310 g/mol. The van der Waals surface area contributed by atoms with Gasteiger partial charge in [0.15, 0.2) is 18.2 Å². The van der Waals surface area contributed by atoms with Gasteiger partial charge >= 0.3 is 6.09 Å². The minimum Gasteiger partial charge on any atom is -0.480 e. The number of aromatic nitrogens is 1. The van der Waals surface area contributed by atoms with Crippen LogP contribution in [-0.2, 0) is 13.7 Å². The molecule has 1 saturated heterocycles. The van der Waals surface area contributed by atoms with Crippen LogP contribution < -0.4 is 15.0 Å². The van der Waals surface area contributed by atoms with Gasteiger partial charge in [-0.3, -0.25) is 9.69 Å². The maximum absolute atomic E-state index is 11.9. The van der Waals surface area contributed by atoms with Crippen molar-refractivity contribution in [1.29, 1.82) is 0 Å². The van der Waals surface area contributed by atoms with Crippen molar-refractivity contribution in [2.45, 2.75) is 12.5 Å². The van der Waals surface area contributed by atoms with Gasteiger partial charge in [0.05, 0.1) is 13.2 Å². The van der Waals surface area contributed by atoms with E-state index in [1.165, 1.54) is 16.9 Å². The molecule has 0 radical (unpaired) electrons. The van der Waals surface area contributed by atoms with E-state index in [1.807, 2.05) is 6.26 Å². The number of carbonyl (C=O) groups excluding carboxylic acids is 2. The number of rotatable bonds is 5. The maximum atomic E-state index is 11.9. The molecule has 8 nitrogen and oxygen atoms in total. The molecule has 2 amide bonds. The zero-order valence-corrected chi connectivity index (χ0v) is 12.7. The molecular formula is C13H15N3O5S. The Bertz CT molecular complexity index is 597. The molecule has 1 unspecified atom stereocenters. The number of nitrogens with one attached hydrogen (secondary N) is 1. The molecule has 3 heterocycles. The Morgan fingerprint density at radius 1 is 1.50 bits per heavy atom. The molecule has 0 aromatic carbocycles. The predicted molar refractivity (Wildman–Crippen MR) is 80.1 cm³/mol. The van der Waals surface area contributed by atoms with Crippen molar-refractivity contribution in [3.05, 3.63) is 12.1 Å². The van der Waals surface area contributed by atoms with Crippen molar-refractivity contribution in [2.75, 3.05) is 36.2 Å². The van der Waals surface area contributed by atoms with E-state index < -0.39 is 6.09 Å². The van der Waals surface area contributed by atoms with Gasteiger partial charge < -0.3 is 19.0 Å². The summed E-state index contributed by atoms with van der Waals surface area (Å²) in [5.74, 6) is 0.952. The average molecular weight is 325 g/mol. The standard InChI is InChI=1S/C13H15N3O5S/c1-22-20-5-4-8-6-16(13(18)21-8)10-3-2-9-12(14-10)15-11(17)7-19-9/h2-3,8H,4-7H2,1H3,(H,14,15,17). The topological polar surface area (TPSA) is 90.0 Å². The molecule has 0 spiro atoms. The van der Waals surface area contributed by atoms with Crippen molar-refractivity contribution in [1.82, 2.24) is 4.98 Å².